The molecule has 2 N–H and O–H groups in total. The number of benzene rings is 2. The average molecular weight is 467 g/mol. The van der Waals surface area contributed by atoms with Gasteiger partial charge in [-0.15, -0.1) is 13.2 Å². The van der Waals surface area contributed by atoms with Crippen molar-refractivity contribution >= 4 is 33.4 Å². The molecule has 0 saturated heterocycles. The summed E-state index contributed by atoms with van der Waals surface area (Å²) in [6.45, 7) is 4.45. The van der Waals surface area contributed by atoms with E-state index in [0.717, 1.165) is 15.7 Å². The Morgan fingerprint density at radius 1 is 1.07 bits per heavy atom. The number of hydrogen-bond acceptors (Lipinski definition) is 5. The summed E-state index contributed by atoms with van der Waals surface area (Å²) in [4.78, 5) is 8.84. The first-order valence-electron chi connectivity index (χ1n) is 8.76. The van der Waals surface area contributed by atoms with Crippen molar-refractivity contribution in [1.29, 1.82) is 0 Å². The van der Waals surface area contributed by atoms with Crippen LogP contribution in [-0.4, -0.2) is 22.9 Å². The molecule has 0 fully saturated rings. The zero-order chi connectivity index (χ0) is 21.0. The summed E-state index contributed by atoms with van der Waals surface area (Å²) in [7, 11) is 0. The highest BCUT2D eigenvalue weighted by Gasteiger charge is 2.31. The van der Waals surface area contributed by atoms with Gasteiger partial charge in [0.1, 0.15) is 11.6 Å². The number of nitrogens with zero attached hydrogens (tertiary/aromatic N) is 2. The number of aromatic nitrogens is 2. The van der Waals surface area contributed by atoms with E-state index in [9.17, 15) is 13.2 Å². The standard InChI is InChI=1S/C20H18BrF3N4O/c1-3-25-19-27-17(13-6-4-7-14(10-13)29-20(22,23)24)11-18(28-19)26-16-9-5-8-15(21)12(16)2/h4-11H,3H2,1-2H3,(H2,25,26,27,28). The molecule has 3 rings (SSSR count). The first kappa shape index (κ1) is 20.9. The monoisotopic (exact) mass is 466 g/mol. The Balaban J connectivity index is 1.99. The second-order valence-corrected chi connectivity index (χ2v) is 6.96. The minimum absolute atomic E-state index is 0.309. The van der Waals surface area contributed by atoms with Crippen molar-refractivity contribution in [1.82, 2.24) is 9.97 Å². The Morgan fingerprint density at radius 3 is 2.55 bits per heavy atom. The van der Waals surface area contributed by atoms with Gasteiger partial charge in [0.25, 0.3) is 0 Å². The fourth-order valence-corrected chi connectivity index (χ4v) is 3.00. The highest BCUT2D eigenvalue weighted by Crippen LogP contribution is 2.30. The summed E-state index contributed by atoms with van der Waals surface area (Å²) in [5.41, 5.74) is 2.78. The van der Waals surface area contributed by atoms with Gasteiger partial charge in [-0.25, -0.2) is 4.98 Å². The lowest BCUT2D eigenvalue weighted by atomic mass is 10.1. The van der Waals surface area contributed by atoms with E-state index >= 15 is 0 Å². The van der Waals surface area contributed by atoms with Crippen LogP contribution in [0.3, 0.4) is 0 Å². The third kappa shape index (κ3) is 5.60. The van der Waals surface area contributed by atoms with E-state index in [4.69, 9.17) is 0 Å². The molecule has 0 bridgehead atoms. The van der Waals surface area contributed by atoms with E-state index in [2.05, 4.69) is 41.3 Å². The number of anilines is 3. The molecule has 0 spiro atoms. The summed E-state index contributed by atoms with van der Waals surface area (Å²) in [6.07, 6.45) is -4.76. The van der Waals surface area contributed by atoms with Crippen molar-refractivity contribution in [3.05, 3.63) is 58.6 Å². The van der Waals surface area contributed by atoms with Crippen LogP contribution in [0.1, 0.15) is 12.5 Å². The topological polar surface area (TPSA) is 59.1 Å². The molecule has 1 heterocycles. The zero-order valence-corrected chi connectivity index (χ0v) is 17.2. The number of rotatable bonds is 6. The van der Waals surface area contributed by atoms with E-state index in [1.807, 2.05) is 32.0 Å². The van der Waals surface area contributed by atoms with Gasteiger partial charge >= 0.3 is 6.36 Å². The number of ether oxygens (including phenoxy) is 1. The quantitative estimate of drug-likeness (QED) is 0.447. The molecule has 0 saturated carbocycles. The van der Waals surface area contributed by atoms with Crippen molar-refractivity contribution in [3.63, 3.8) is 0 Å². The second-order valence-electron chi connectivity index (χ2n) is 6.11. The first-order valence-corrected chi connectivity index (χ1v) is 9.55. The summed E-state index contributed by atoms with van der Waals surface area (Å²) in [5, 5.41) is 6.28. The molecule has 5 nitrogen and oxygen atoms in total. The molecule has 0 aliphatic heterocycles. The third-order valence-corrected chi connectivity index (χ3v) is 4.81. The number of hydrogen-bond donors (Lipinski definition) is 2. The Bertz CT molecular complexity index is 1010. The van der Waals surface area contributed by atoms with Crippen LogP contribution in [0.2, 0.25) is 0 Å². The van der Waals surface area contributed by atoms with Gasteiger partial charge < -0.3 is 15.4 Å². The summed E-state index contributed by atoms with van der Waals surface area (Å²) < 4.78 is 42.6. The van der Waals surface area contributed by atoms with E-state index in [-0.39, 0.29) is 5.75 Å². The molecular weight excluding hydrogens is 449 g/mol. The lowest BCUT2D eigenvalue weighted by Crippen LogP contribution is -2.17. The SMILES string of the molecule is CCNc1nc(Nc2cccc(Br)c2C)cc(-c2cccc(OC(F)(F)F)c2)n1. The number of halogens is 4. The van der Waals surface area contributed by atoms with Crippen LogP contribution in [0.25, 0.3) is 11.3 Å². The van der Waals surface area contributed by atoms with Gasteiger partial charge in [-0.1, -0.05) is 34.1 Å². The smallest absolute Gasteiger partial charge is 0.406 e. The minimum Gasteiger partial charge on any atom is -0.406 e. The van der Waals surface area contributed by atoms with Crippen LogP contribution >= 0.6 is 15.9 Å². The van der Waals surface area contributed by atoms with Crippen LogP contribution in [0.15, 0.2) is 53.0 Å². The van der Waals surface area contributed by atoms with E-state index in [1.54, 1.807) is 12.1 Å². The molecule has 1 aromatic heterocycles. The van der Waals surface area contributed by atoms with Crippen LogP contribution in [0.4, 0.5) is 30.6 Å². The minimum atomic E-state index is -4.76. The zero-order valence-electron chi connectivity index (χ0n) is 15.6. The third-order valence-electron chi connectivity index (χ3n) is 3.95. The molecule has 29 heavy (non-hydrogen) atoms. The molecule has 9 heteroatoms. The van der Waals surface area contributed by atoms with Crippen LogP contribution in [-0.2, 0) is 0 Å². The van der Waals surface area contributed by atoms with E-state index < -0.39 is 6.36 Å². The van der Waals surface area contributed by atoms with Gasteiger partial charge in [-0.05, 0) is 43.7 Å². The molecule has 0 aliphatic rings. The van der Waals surface area contributed by atoms with Crippen molar-refractivity contribution < 1.29 is 17.9 Å². The highest BCUT2D eigenvalue weighted by atomic mass is 79.9. The molecule has 0 unspecified atom stereocenters. The largest absolute Gasteiger partial charge is 0.573 e. The summed E-state index contributed by atoms with van der Waals surface area (Å²) in [6, 6.07) is 13.1. The maximum absolute atomic E-state index is 12.5. The Labute approximate surface area is 174 Å². The molecule has 0 aliphatic carbocycles. The molecule has 0 atom stereocenters. The Kier molecular flexibility index (Phi) is 6.26. The number of nitrogens with one attached hydrogen (secondary N) is 2. The highest BCUT2D eigenvalue weighted by molar-refractivity contribution is 9.10. The predicted molar refractivity (Wildman–Crippen MR) is 110 cm³/mol. The van der Waals surface area contributed by atoms with Crippen LogP contribution in [0, 0.1) is 6.92 Å². The lowest BCUT2D eigenvalue weighted by Gasteiger charge is -2.14. The maximum Gasteiger partial charge on any atom is 0.573 e. The van der Waals surface area contributed by atoms with Gasteiger partial charge in [-0.2, -0.15) is 4.98 Å². The van der Waals surface area contributed by atoms with Crippen molar-refractivity contribution in [3.8, 4) is 17.0 Å². The molecule has 0 radical (unpaired) electrons. The van der Waals surface area contributed by atoms with Gasteiger partial charge in [0.05, 0.1) is 5.69 Å². The van der Waals surface area contributed by atoms with Crippen molar-refractivity contribution in [2.24, 2.45) is 0 Å². The number of alkyl halides is 3. The molecule has 152 valence electrons. The van der Waals surface area contributed by atoms with Gasteiger partial charge in [-0.3, -0.25) is 0 Å². The molecular formula is C20H18BrF3N4O. The van der Waals surface area contributed by atoms with Gasteiger partial charge in [0, 0.05) is 28.3 Å². The fraction of sp³-hybridized carbons (Fsp3) is 0.200. The Hall–Kier alpha value is -2.81. The van der Waals surface area contributed by atoms with Crippen LogP contribution < -0.4 is 15.4 Å². The average Bonchev–Trinajstić information content (AvgIpc) is 2.64. The van der Waals surface area contributed by atoms with Gasteiger partial charge in [0.2, 0.25) is 5.95 Å². The molecule has 0 amide bonds. The van der Waals surface area contributed by atoms with Crippen LogP contribution in [0.5, 0.6) is 5.75 Å². The molecule has 3 aromatic rings. The van der Waals surface area contributed by atoms with Crippen molar-refractivity contribution in [2.75, 3.05) is 17.2 Å². The predicted octanol–water partition coefficient (Wildman–Crippen LogP) is 6.29. The van der Waals surface area contributed by atoms with Gasteiger partial charge in [0.15, 0.2) is 0 Å². The molecule has 2 aromatic carbocycles. The lowest BCUT2D eigenvalue weighted by molar-refractivity contribution is -0.274. The maximum atomic E-state index is 12.5. The van der Waals surface area contributed by atoms with Crippen molar-refractivity contribution in [2.45, 2.75) is 20.2 Å². The fourth-order valence-electron chi connectivity index (χ4n) is 2.63. The summed E-state index contributed by atoms with van der Waals surface area (Å²) in [5.74, 6) is 0.563. The normalized spacial score (nSPS) is 11.2. The van der Waals surface area contributed by atoms with E-state index in [1.165, 1.54) is 18.2 Å². The van der Waals surface area contributed by atoms with E-state index in [0.29, 0.717) is 29.6 Å². The second kappa shape index (κ2) is 8.69. The first-order chi connectivity index (χ1) is 13.7. The summed E-state index contributed by atoms with van der Waals surface area (Å²) >= 11 is 3.49. The Morgan fingerprint density at radius 2 is 1.83 bits per heavy atom.